The molecule has 0 spiro atoms. The molecule has 0 aliphatic carbocycles. The van der Waals surface area contributed by atoms with Crippen LogP contribution >= 0.6 is 23.6 Å². The van der Waals surface area contributed by atoms with Crippen molar-refractivity contribution in [2.45, 2.75) is 0 Å². The maximum atomic E-state index is 5.72. The number of hydrogen-bond acceptors (Lipinski definition) is 6. The number of aromatic nitrogens is 2. The number of benzene rings is 1. The molecule has 0 radical (unpaired) electrons. The summed E-state index contributed by atoms with van der Waals surface area (Å²) in [4.78, 5) is 0. The predicted molar refractivity (Wildman–Crippen MR) is 78.6 cm³/mol. The predicted octanol–water partition coefficient (Wildman–Crippen LogP) is 1.95. The van der Waals surface area contributed by atoms with Crippen LogP contribution in [0, 0.1) is 3.95 Å². The number of rotatable bonds is 4. The zero-order chi connectivity index (χ0) is 13.7. The van der Waals surface area contributed by atoms with Crippen molar-refractivity contribution in [2.24, 2.45) is 15.9 Å². The van der Waals surface area contributed by atoms with Gasteiger partial charge in [0.1, 0.15) is 5.75 Å². The summed E-state index contributed by atoms with van der Waals surface area (Å²) >= 11 is 6.15. The number of nitrogens with two attached hydrogens (primary N) is 1. The van der Waals surface area contributed by atoms with Gasteiger partial charge in [0.25, 0.3) is 0 Å². The van der Waals surface area contributed by atoms with Gasteiger partial charge in [0.15, 0.2) is 14.8 Å². The van der Waals surface area contributed by atoms with Gasteiger partial charge in [0, 0.05) is 0 Å². The van der Waals surface area contributed by atoms with Crippen LogP contribution in [-0.2, 0) is 0 Å². The SMILES string of the molecule is COc1ccc(/C=N/N=C(\N)c2n[nH]c(=S)s2)cc1. The highest BCUT2D eigenvalue weighted by Gasteiger charge is 2.01. The molecule has 0 fully saturated rings. The molecule has 1 aromatic heterocycles. The van der Waals surface area contributed by atoms with Gasteiger partial charge in [-0.2, -0.15) is 10.2 Å². The van der Waals surface area contributed by atoms with Crippen molar-refractivity contribution in [2.75, 3.05) is 7.11 Å². The van der Waals surface area contributed by atoms with Crippen LogP contribution in [0.4, 0.5) is 0 Å². The molecule has 0 bridgehead atoms. The number of nitrogens with one attached hydrogen (secondary N) is 1. The standard InChI is InChI=1S/C11H11N5OS2/c1-17-8-4-2-7(3-5-8)6-13-14-9(12)10-15-16-11(18)19-10/h2-6H,1H3,(H2,12,14)(H,16,18)/b13-6+. The average molecular weight is 293 g/mol. The second-order valence-electron chi connectivity index (χ2n) is 3.42. The van der Waals surface area contributed by atoms with Crippen molar-refractivity contribution < 1.29 is 4.74 Å². The van der Waals surface area contributed by atoms with Gasteiger partial charge in [-0.05, 0) is 42.0 Å². The van der Waals surface area contributed by atoms with Crippen LogP contribution in [0.15, 0.2) is 34.5 Å². The molecular formula is C11H11N5OS2. The first-order valence-corrected chi connectivity index (χ1v) is 6.48. The fourth-order valence-electron chi connectivity index (χ4n) is 1.23. The summed E-state index contributed by atoms with van der Waals surface area (Å²) < 4.78 is 5.61. The van der Waals surface area contributed by atoms with Gasteiger partial charge < -0.3 is 10.5 Å². The van der Waals surface area contributed by atoms with E-state index in [2.05, 4.69) is 20.4 Å². The number of aromatic amines is 1. The van der Waals surface area contributed by atoms with E-state index in [4.69, 9.17) is 22.7 Å². The molecule has 0 aliphatic heterocycles. The molecule has 6 nitrogen and oxygen atoms in total. The van der Waals surface area contributed by atoms with Crippen molar-refractivity contribution >= 4 is 35.6 Å². The minimum atomic E-state index is 0.224. The molecule has 0 saturated carbocycles. The molecule has 1 heterocycles. The molecule has 1 aromatic carbocycles. The summed E-state index contributed by atoms with van der Waals surface area (Å²) in [5, 5.41) is 14.8. The number of H-pyrrole nitrogens is 1. The third kappa shape index (κ3) is 3.70. The fraction of sp³-hybridized carbons (Fsp3) is 0.0909. The van der Waals surface area contributed by atoms with Gasteiger partial charge in [-0.3, -0.25) is 5.10 Å². The van der Waals surface area contributed by atoms with E-state index in [9.17, 15) is 0 Å². The van der Waals surface area contributed by atoms with E-state index in [0.29, 0.717) is 8.96 Å². The van der Waals surface area contributed by atoms with E-state index in [0.717, 1.165) is 11.3 Å². The third-order valence-corrected chi connectivity index (χ3v) is 3.26. The first-order chi connectivity index (χ1) is 9.19. The van der Waals surface area contributed by atoms with Crippen LogP contribution in [0.5, 0.6) is 5.75 Å². The first kappa shape index (κ1) is 13.4. The number of nitrogens with zero attached hydrogens (tertiary/aromatic N) is 3. The lowest BCUT2D eigenvalue weighted by molar-refractivity contribution is 0.415. The highest BCUT2D eigenvalue weighted by Crippen LogP contribution is 2.10. The average Bonchev–Trinajstić information content (AvgIpc) is 2.86. The van der Waals surface area contributed by atoms with Crippen molar-refractivity contribution in [3.63, 3.8) is 0 Å². The third-order valence-electron chi connectivity index (χ3n) is 2.15. The number of methoxy groups -OCH3 is 1. The fourth-order valence-corrected chi connectivity index (χ4v) is 2.02. The number of hydrogen-bond donors (Lipinski definition) is 2. The summed E-state index contributed by atoms with van der Waals surface area (Å²) in [6.07, 6.45) is 1.60. The van der Waals surface area contributed by atoms with Gasteiger partial charge in [-0.25, -0.2) is 0 Å². The minimum absolute atomic E-state index is 0.224. The Morgan fingerprint density at radius 1 is 1.47 bits per heavy atom. The van der Waals surface area contributed by atoms with Crippen molar-refractivity contribution in [1.29, 1.82) is 0 Å². The summed E-state index contributed by atoms with van der Waals surface area (Å²) in [5.74, 6) is 1.01. The van der Waals surface area contributed by atoms with E-state index < -0.39 is 0 Å². The summed E-state index contributed by atoms with van der Waals surface area (Å²) in [5.41, 5.74) is 6.61. The summed E-state index contributed by atoms with van der Waals surface area (Å²) in [6, 6.07) is 7.42. The summed E-state index contributed by atoms with van der Waals surface area (Å²) in [7, 11) is 1.62. The van der Waals surface area contributed by atoms with Crippen LogP contribution in [0.3, 0.4) is 0 Å². The van der Waals surface area contributed by atoms with Gasteiger partial charge in [0.2, 0.25) is 0 Å². The van der Waals surface area contributed by atoms with Gasteiger partial charge in [-0.15, -0.1) is 5.10 Å². The lowest BCUT2D eigenvalue weighted by atomic mass is 10.2. The highest BCUT2D eigenvalue weighted by atomic mass is 32.1. The normalized spacial score (nSPS) is 11.9. The molecule has 3 N–H and O–H groups in total. The topological polar surface area (TPSA) is 88.7 Å². The maximum Gasteiger partial charge on any atom is 0.184 e. The van der Waals surface area contributed by atoms with E-state index >= 15 is 0 Å². The van der Waals surface area contributed by atoms with Crippen LogP contribution in [0.1, 0.15) is 10.6 Å². The molecule has 2 rings (SSSR count). The number of amidine groups is 1. The van der Waals surface area contributed by atoms with Gasteiger partial charge in [0.05, 0.1) is 13.3 Å². The molecule has 0 amide bonds. The van der Waals surface area contributed by atoms with Gasteiger partial charge in [-0.1, -0.05) is 11.3 Å². The molecule has 0 aliphatic rings. The van der Waals surface area contributed by atoms with E-state index in [1.54, 1.807) is 13.3 Å². The molecule has 8 heteroatoms. The Balaban J connectivity index is 2.07. The molecule has 0 unspecified atom stereocenters. The summed E-state index contributed by atoms with van der Waals surface area (Å²) in [6.45, 7) is 0. The molecule has 0 atom stereocenters. The maximum absolute atomic E-state index is 5.72. The Hall–Kier alpha value is -2.06. The Labute approximate surface area is 118 Å². The molecule has 19 heavy (non-hydrogen) atoms. The van der Waals surface area contributed by atoms with Crippen LogP contribution < -0.4 is 10.5 Å². The van der Waals surface area contributed by atoms with Gasteiger partial charge >= 0.3 is 0 Å². The smallest absolute Gasteiger partial charge is 0.184 e. The van der Waals surface area contributed by atoms with Crippen LogP contribution in [0.2, 0.25) is 0 Å². The zero-order valence-electron chi connectivity index (χ0n) is 10.0. The largest absolute Gasteiger partial charge is 0.497 e. The highest BCUT2D eigenvalue weighted by molar-refractivity contribution is 7.73. The van der Waals surface area contributed by atoms with E-state index in [1.165, 1.54) is 11.3 Å². The van der Waals surface area contributed by atoms with Crippen molar-refractivity contribution in [3.8, 4) is 5.75 Å². The van der Waals surface area contributed by atoms with Crippen LogP contribution in [-0.4, -0.2) is 29.4 Å². The van der Waals surface area contributed by atoms with Crippen molar-refractivity contribution in [3.05, 3.63) is 38.8 Å². The lowest BCUT2D eigenvalue weighted by Gasteiger charge is -1.97. The Morgan fingerprint density at radius 3 is 2.79 bits per heavy atom. The number of ether oxygens (including phenoxy) is 1. The Kier molecular flexibility index (Phi) is 4.37. The van der Waals surface area contributed by atoms with Crippen molar-refractivity contribution in [1.82, 2.24) is 10.2 Å². The molecular weight excluding hydrogens is 282 g/mol. The minimum Gasteiger partial charge on any atom is -0.497 e. The quantitative estimate of drug-likeness (QED) is 0.390. The van der Waals surface area contributed by atoms with Crippen LogP contribution in [0.25, 0.3) is 0 Å². The Morgan fingerprint density at radius 2 is 2.21 bits per heavy atom. The first-order valence-electron chi connectivity index (χ1n) is 5.25. The lowest BCUT2D eigenvalue weighted by Crippen LogP contribution is -2.12. The Bertz CT molecular complexity index is 656. The zero-order valence-corrected chi connectivity index (χ0v) is 11.7. The second kappa shape index (κ2) is 6.21. The molecule has 2 aromatic rings. The molecule has 98 valence electrons. The van der Waals surface area contributed by atoms with E-state index in [1.807, 2.05) is 24.3 Å². The van der Waals surface area contributed by atoms with E-state index in [-0.39, 0.29) is 5.84 Å². The monoisotopic (exact) mass is 293 g/mol. The second-order valence-corrected chi connectivity index (χ2v) is 5.09. The molecule has 0 saturated heterocycles.